The maximum absolute atomic E-state index is 10.9. The Morgan fingerprint density at radius 2 is 2.11 bits per heavy atom. The standard InChI is InChI=1S/C12H16N2O4/c1-8-4-5-9(10(6-8)14(17)18)13-7-12(2,3)11(15)16/h4-6,13H,7H2,1-3H3,(H,15,16). The van der Waals surface area contributed by atoms with Crippen LogP contribution < -0.4 is 5.32 Å². The van der Waals surface area contributed by atoms with Gasteiger partial charge in [0.2, 0.25) is 0 Å². The predicted octanol–water partition coefficient (Wildman–Crippen LogP) is 2.43. The van der Waals surface area contributed by atoms with Crippen molar-refractivity contribution in [1.82, 2.24) is 0 Å². The van der Waals surface area contributed by atoms with Crippen LogP contribution in [0.1, 0.15) is 19.4 Å². The Balaban J connectivity index is 2.92. The van der Waals surface area contributed by atoms with Crippen molar-refractivity contribution < 1.29 is 14.8 Å². The minimum absolute atomic E-state index is 0.0452. The Bertz CT molecular complexity index is 483. The van der Waals surface area contributed by atoms with Crippen LogP contribution in [0.3, 0.4) is 0 Å². The molecule has 0 saturated carbocycles. The Morgan fingerprint density at radius 3 is 2.61 bits per heavy atom. The topological polar surface area (TPSA) is 92.5 Å². The van der Waals surface area contributed by atoms with Gasteiger partial charge in [0.15, 0.2) is 0 Å². The van der Waals surface area contributed by atoms with Gasteiger partial charge in [0.25, 0.3) is 5.69 Å². The summed E-state index contributed by atoms with van der Waals surface area (Å²) in [5.41, 5.74) is 0.0829. The maximum Gasteiger partial charge on any atom is 0.310 e. The van der Waals surface area contributed by atoms with E-state index in [0.717, 1.165) is 5.56 Å². The van der Waals surface area contributed by atoms with Gasteiger partial charge in [-0.1, -0.05) is 6.07 Å². The number of nitrogens with one attached hydrogen (secondary N) is 1. The second-order valence-corrected chi connectivity index (χ2v) is 4.82. The normalized spacial score (nSPS) is 11.1. The molecule has 0 bridgehead atoms. The van der Waals surface area contributed by atoms with Crippen LogP contribution in [0.2, 0.25) is 0 Å². The molecule has 0 heterocycles. The minimum atomic E-state index is -0.987. The molecule has 0 fully saturated rings. The highest BCUT2D eigenvalue weighted by Gasteiger charge is 2.27. The number of carbonyl (C=O) groups is 1. The molecule has 0 aliphatic carbocycles. The van der Waals surface area contributed by atoms with Crippen LogP contribution in [0, 0.1) is 22.5 Å². The van der Waals surface area contributed by atoms with E-state index in [1.54, 1.807) is 32.9 Å². The summed E-state index contributed by atoms with van der Waals surface area (Å²) < 4.78 is 0. The Kier molecular flexibility index (Phi) is 3.90. The highest BCUT2D eigenvalue weighted by atomic mass is 16.6. The Hall–Kier alpha value is -2.11. The van der Waals surface area contributed by atoms with Crippen LogP contribution in [0.4, 0.5) is 11.4 Å². The van der Waals surface area contributed by atoms with Gasteiger partial charge >= 0.3 is 5.97 Å². The highest BCUT2D eigenvalue weighted by Crippen LogP contribution is 2.27. The first-order chi connectivity index (χ1) is 8.24. The molecule has 0 saturated heterocycles. The van der Waals surface area contributed by atoms with Gasteiger partial charge in [-0.2, -0.15) is 0 Å². The summed E-state index contributed by atoms with van der Waals surface area (Å²) in [5, 5.41) is 22.7. The van der Waals surface area contributed by atoms with Crippen molar-refractivity contribution in [3.05, 3.63) is 33.9 Å². The molecule has 0 aliphatic heterocycles. The SMILES string of the molecule is Cc1ccc(NCC(C)(C)C(=O)O)c([N+](=O)[O-])c1. The van der Waals surface area contributed by atoms with E-state index >= 15 is 0 Å². The number of benzene rings is 1. The summed E-state index contributed by atoms with van der Waals surface area (Å²) >= 11 is 0. The molecule has 0 radical (unpaired) electrons. The molecule has 2 N–H and O–H groups in total. The van der Waals surface area contributed by atoms with Gasteiger partial charge in [0.05, 0.1) is 10.3 Å². The van der Waals surface area contributed by atoms with Crippen molar-refractivity contribution in [1.29, 1.82) is 0 Å². The number of nitrogens with zero attached hydrogens (tertiary/aromatic N) is 1. The number of rotatable bonds is 5. The molecular formula is C12H16N2O4. The van der Waals surface area contributed by atoms with E-state index in [4.69, 9.17) is 5.11 Å². The maximum atomic E-state index is 10.9. The van der Waals surface area contributed by atoms with E-state index in [9.17, 15) is 14.9 Å². The third-order valence-corrected chi connectivity index (χ3v) is 2.65. The van der Waals surface area contributed by atoms with Crippen molar-refractivity contribution in [3.8, 4) is 0 Å². The number of carboxylic acids is 1. The van der Waals surface area contributed by atoms with Gasteiger partial charge in [0, 0.05) is 12.6 Å². The molecule has 1 rings (SSSR count). The number of carboxylic acid groups (broad SMARTS) is 1. The van der Waals surface area contributed by atoms with Crippen molar-refractivity contribution in [2.75, 3.05) is 11.9 Å². The van der Waals surface area contributed by atoms with Crippen LogP contribution in [-0.4, -0.2) is 22.5 Å². The summed E-state index contributed by atoms with van der Waals surface area (Å²) in [4.78, 5) is 21.3. The van der Waals surface area contributed by atoms with E-state index in [2.05, 4.69) is 5.32 Å². The average molecular weight is 252 g/mol. The van der Waals surface area contributed by atoms with Gasteiger partial charge in [-0.15, -0.1) is 0 Å². The number of hydrogen-bond acceptors (Lipinski definition) is 4. The van der Waals surface area contributed by atoms with Gasteiger partial charge < -0.3 is 10.4 Å². The molecule has 98 valence electrons. The first kappa shape index (κ1) is 14.0. The minimum Gasteiger partial charge on any atom is -0.481 e. The third kappa shape index (κ3) is 3.19. The van der Waals surface area contributed by atoms with Crippen LogP contribution in [0.15, 0.2) is 18.2 Å². The lowest BCUT2D eigenvalue weighted by atomic mass is 9.94. The number of hydrogen-bond donors (Lipinski definition) is 2. The first-order valence-electron chi connectivity index (χ1n) is 5.46. The summed E-state index contributed by atoms with van der Waals surface area (Å²) in [6.45, 7) is 4.99. The van der Waals surface area contributed by atoms with E-state index in [0.29, 0.717) is 5.69 Å². The summed E-state index contributed by atoms with van der Waals surface area (Å²) in [7, 11) is 0. The van der Waals surface area contributed by atoms with Gasteiger partial charge in [-0.05, 0) is 32.4 Å². The molecule has 1 aromatic carbocycles. The highest BCUT2D eigenvalue weighted by molar-refractivity contribution is 5.75. The lowest BCUT2D eigenvalue weighted by Gasteiger charge is -2.20. The number of aliphatic carboxylic acids is 1. The monoisotopic (exact) mass is 252 g/mol. The summed E-state index contributed by atoms with van der Waals surface area (Å²) in [6, 6.07) is 4.78. The smallest absolute Gasteiger partial charge is 0.310 e. The number of nitro groups is 1. The molecule has 0 unspecified atom stereocenters. The molecule has 0 spiro atoms. The molecule has 6 heteroatoms. The summed E-state index contributed by atoms with van der Waals surface area (Å²) in [6.07, 6.45) is 0. The fraction of sp³-hybridized carbons (Fsp3) is 0.417. The van der Waals surface area contributed by atoms with Crippen LogP contribution in [0.25, 0.3) is 0 Å². The fourth-order valence-electron chi connectivity index (χ4n) is 1.33. The molecule has 0 aliphatic rings. The Labute approximate surface area is 105 Å². The third-order valence-electron chi connectivity index (χ3n) is 2.65. The zero-order valence-corrected chi connectivity index (χ0v) is 10.6. The van der Waals surface area contributed by atoms with Crippen molar-refractivity contribution in [2.24, 2.45) is 5.41 Å². The van der Waals surface area contributed by atoms with Crippen molar-refractivity contribution >= 4 is 17.3 Å². The van der Waals surface area contributed by atoms with E-state index in [1.165, 1.54) is 6.07 Å². The van der Waals surface area contributed by atoms with Crippen molar-refractivity contribution in [3.63, 3.8) is 0 Å². The molecular weight excluding hydrogens is 236 g/mol. The molecule has 0 aromatic heterocycles. The number of aryl methyl sites for hydroxylation is 1. The van der Waals surface area contributed by atoms with Gasteiger partial charge in [0.1, 0.15) is 5.69 Å². The number of nitro benzene ring substituents is 1. The lowest BCUT2D eigenvalue weighted by molar-refractivity contribution is -0.384. The lowest BCUT2D eigenvalue weighted by Crippen LogP contribution is -2.31. The van der Waals surface area contributed by atoms with Gasteiger partial charge in [-0.3, -0.25) is 14.9 Å². The zero-order valence-electron chi connectivity index (χ0n) is 10.6. The first-order valence-corrected chi connectivity index (χ1v) is 5.46. The molecule has 18 heavy (non-hydrogen) atoms. The van der Waals surface area contributed by atoms with Crippen LogP contribution >= 0.6 is 0 Å². The van der Waals surface area contributed by atoms with E-state index in [-0.39, 0.29) is 12.2 Å². The average Bonchev–Trinajstić information content (AvgIpc) is 2.27. The second kappa shape index (κ2) is 5.03. The van der Waals surface area contributed by atoms with E-state index < -0.39 is 16.3 Å². The van der Waals surface area contributed by atoms with Crippen LogP contribution in [0.5, 0.6) is 0 Å². The largest absolute Gasteiger partial charge is 0.481 e. The quantitative estimate of drug-likeness (QED) is 0.620. The fourth-order valence-corrected chi connectivity index (χ4v) is 1.33. The summed E-state index contributed by atoms with van der Waals surface area (Å²) in [5.74, 6) is -0.954. The Morgan fingerprint density at radius 1 is 1.50 bits per heavy atom. The molecule has 0 amide bonds. The van der Waals surface area contributed by atoms with E-state index in [1.807, 2.05) is 0 Å². The molecule has 0 atom stereocenters. The van der Waals surface area contributed by atoms with Gasteiger partial charge in [-0.25, -0.2) is 0 Å². The predicted molar refractivity (Wildman–Crippen MR) is 67.7 cm³/mol. The van der Waals surface area contributed by atoms with Crippen molar-refractivity contribution in [2.45, 2.75) is 20.8 Å². The zero-order chi connectivity index (χ0) is 13.9. The molecule has 6 nitrogen and oxygen atoms in total. The molecule has 1 aromatic rings. The number of anilines is 1. The second-order valence-electron chi connectivity index (χ2n) is 4.82. The van der Waals surface area contributed by atoms with Crippen LogP contribution in [-0.2, 0) is 4.79 Å².